The SMILES string of the molecule is NCc1cnc(C(F)(F)F)c(-c2cnc(C(F)(F)F)nc2)c1. The van der Waals surface area contributed by atoms with Crippen LogP contribution in [0, 0.1) is 0 Å². The molecule has 0 bridgehead atoms. The van der Waals surface area contributed by atoms with Crippen LogP contribution >= 0.6 is 0 Å². The molecule has 2 heterocycles. The van der Waals surface area contributed by atoms with Crippen LogP contribution in [0.15, 0.2) is 24.7 Å². The topological polar surface area (TPSA) is 64.7 Å². The van der Waals surface area contributed by atoms with Crippen molar-refractivity contribution >= 4 is 0 Å². The van der Waals surface area contributed by atoms with Gasteiger partial charge in [-0.25, -0.2) is 9.97 Å². The third-order valence-corrected chi connectivity index (χ3v) is 2.66. The van der Waals surface area contributed by atoms with Crippen molar-refractivity contribution in [2.75, 3.05) is 0 Å². The molecule has 2 aromatic heterocycles. The Labute approximate surface area is 120 Å². The van der Waals surface area contributed by atoms with Crippen LogP contribution in [0.4, 0.5) is 26.3 Å². The van der Waals surface area contributed by atoms with Gasteiger partial charge in [-0.05, 0) is 11.6 Å². The van der Waals surface area contributed by atoms with Crippen molar-refractivity contribution in [2.24, 2.45) is 5.73 Å². The Bertz CT molecular complexity index is 663. The molecule has 22 heavy (non-hydrogen) atoms. The van der Waals surface area contributed by atoms with E-state index in [1.807, 2.05) is 0 Å². The van der Waals surface area contributed by atoms with Gasteiger partial charge in [0.05, 0.1) is 0 Å². The van der Waals surface area contributed by atoms with Crippen molar-refractivity contribution in [3.05, 3.63) is 41.7 Å². The van der Waals surface area contributed by atoms with Gasteiger partial charge in [0.2, 0.25) is 5.82 Å². The summed E-state index contributed by atoms with van der Waals surface area (Å²) in [6.07, 6.45) is -7.25. The van der Waals surface area contributed by atoms with E-state index in [1.165, 1.54) is 0 Å². The maximum Gasteiger partial charge on any atom is 0.451 e. The van der Waals surface area contributed by atoms with E-state index in [-0.39, 0.29) is 12.1 Å². The van der Waals surface area contributed by atoms with Gasteiger partial charge in [0.15, 0.2) is 5.69 Å². The third-order valence-electron chi connectivity index (χ3n) is 2.66. The largest absolute Gasteiger partial charge is 0.451 e. The van der Waals surface area contributed by atoms with Crippen LogP contribution in [0.3, 0.4) is 0 Å². The van der Waals surface area contributed by atoms with Gasteiger partial charge in [0, 0.05) is 36.3 Å². The minimum Gasteiger partial charge on any atom is -0.326 e. The molecule has 0 aliphatic rings. The molecule has 0 spiro atoms. The molecule has 118 valence electrons. The number of nitrogens with zero attached hydrogens (tertiary/aromatic N) is 3. The van der Waals surface area contributed by atoms with E-state index in [1.54, 1.807) is 0 Å². The van der Waals surface area contributed by atoms with Crippen LogP contribution in [0.2, 0.25) is 0 Å². The number of halogens is 6. The van der Waals surface area contributed by atoms with E-state index in [2.05, 4.69) is 15.0 Å². The monoisotopic (exact) mass is 322 g/mol. The fourth-order valence-corrected chi connectivity index (χ4v) is 1.68. The Hall–Kier alpha value is -2.23. The molecule has 0 unspecified atom stereocenters. The number of aromatic nitrogens is 3. The first-order valence-corrected chi connectivity index (χ1v) is 5.78. The van der Waals surface area contributed by atoms with Crippen LogP contribution in [0.25, 0.3) is 11.1 Å². The predicted molar refractivity (Wildman–Crippen MR) is 63.2 cm³/mol. The minimum absolute atomic E-state index is 0.0698. The van der Waals surface area contributed by atoms with Gasteiger partial charge in [-0.15, -0.1) is 0 Å². The first-order chi connectivity index (χ1) is 10.1. The highest BCUT2D eigenvalue weighted by molar-refractivity contribution is 5.65. The number of pyridine rings is 1. The lowest BCUT2D eigenvalue weighted by Crippen LogP contribution is -2.13. The second-order valence-electron chi connectivity index (χ2n) is 4.23. The smallest absolute Gasteiger partial charge is 0.326 e. The summed E-state index contributed by atoms with van der Waals surface area (Å²) in [5.41, 5.74) is 3.73. The summed E-state index contributed by atoms with van der Waals surface area (Å²) in [7, 11) is 0. The molecule has 0 amide bonds. The highest BCUT2D eigenvalue weighted by Crippen LogP contribution is 2.36. The summed E-state index contributed by atoms with van der Waals surface area (Å²) in [6.45, 7) is -0.0698. The Kier molecular flexibility index (Phi) is 4.05. The number of alkyl halides is 6. The average molecular weight is 322 g/mol. The fraction of sp³-hybridized carbons (Fsp3) is 0.250. The van der Waals surface area contributed by atoms with Crippen molar-refractivity contribution in [1.82, 2.24) is 15.0 Å². The van der Waals surface area contributed by atoms with E-state index in [0.717, 1.165) is 12.3 Å². The van der Waals surface area contributed by atoms with Crippen LogP contribution in [-0.4, -0.2) is 15.0 Å². The first-order valence-electron chi connectivity index (χ1n) is 5.78. The van der Waals surface area contributed by atoms with E-state index >= 15 is 0 Å². The number of hydrogen-bond acceptors (Lipinski definition) is 4. The van der Waals surface area contributed by atoms with Crippen LogP contribution in [0.5, 0.6) is 0 Å². The van der Waals surface area contributed by atoms with Gasteiger partial charge >= 0.3 is 12.4 Å². The van der Waals surface area contributed by atoms with Gasteiger partial charge in [0.1, 0.15) is 0 Å². The van der Waals surface area contributed by atoms with E-state index in [0.29, 0.717) is 18.0 Å². The summed E-state index contributed by atoms with van der Waals surface area (Å²) in [4.78, 5) is 9.37. The summed E-state index contributed by atoms with van der Waals surface area (Å²) >= 11 is 0. The number of nitrogens with two attached hydrogens (primary N) is 1. The van der Waals surface area contributed by atoms with Crippen LogP contribution in [-0.2, 0) is 18.9 Å². The molecule has 0 fully saturated rings. The number of hydrogen-bond donors (Lipinski definition) is 1. The molecule has 0 radical (unpaired) electrons. The second kappa shape index (κ2) is 5.52. The second-order valence-corrected chi connectivity index (χ2v) is 4.23. The molecule has 0 atom stereocenters. The van der Waals surface area contributed by atoms with Crippen molar-refractivity contribution < 1.29 is 26.3 Å². The zero-order valence-corrected chi connectivity index (χ0v) is 10.7. The molecular formula is C12H8F6N4. The van der Waals surface area contributed by atoms with Crippen molar-refractivity contribution in [2.45, 2.75) is 18.9 Å². The van der Waals surface area contributed by atoms with Gasteiger partial charge in [0.25, 0.3) is 0 Å². The lowest BCUT2D eigenvalue weighted by Gasteiger charge is -2.13. The van der Waals surface area contributed by atoms with Crippen LogP contribution in [0.1, 0.15) is 17.1 Å². The summed E-state index contributed by atoms with van der Waals surface area (Å²) in [5, 5.41) is 0. The molecule has 0 saturated carbocycles. The highest BCUT2D eigenvalue weighted by Gasteiger charge is 2.37. The molecule has 10 heteroatoms. The van der Waals surface area contributed by atoms with E-state index in [9.17, 15) is 26.3 Å². The van der Waals surface area contributed by atoms with Crippen LogP contribution < -0.4 is 5.73 Å². The average Bonchev–Trinajstić information content (AvgIpc) is 2.45. The van der Waals surface area contributed by atoms with Gasteiger partial charge in [-0.2, -0.15) is 26.3 Å². The molecule has 2 rings (SSSR count). The van der Waals surface area contributed by atoms with E-state index < -0.39 is 29.4 Å². The Morgan fingerprint density at radius 2 is 1.45 bits per heavy atom. The zero-order chi connectivity index (χ0) is 16.5. The standard InChI is InChI=1S/C12H8F6N4/c13-11(14,15)9-8(1-6(2-19)3-20-9)7-4-21-10(22-5-7)12(16,17)18/h1,3-5H,2,19H2. The molecule has 0 saturated heterocycles. The molecule has 4 nitrogen and oxygen atoms in total. The van der Waals surface area contributed by atoms with Crippen molar-refractivity contribution in [3.63, 3.8) is 0 Å². The van der Waals surface area contributed by atoms with Gasteiger partial charge in [-0.3, -0.25) is 4.98 Å². The fourth-order valence-electron chi connectivity index (χ4n) is 1.68. The molecule has 2 N–H and O–H groups in total. The van der Waals surface area contributed by atoms with Gasteiger partial charge < -0.3 is 5.73 Å². The van der Waals surface area contributed by atoms with Crippen molar-refractivity contribution in [3.8, 4) is 11.1 Å². The maximum absolute atomic E-state index is 12.9. The molecule has 2 aromatic rings. The predicted octanol–water partition coefficient (Wildman–Crippen LogP) is 3.03. The molecular weight excluding hydrogens is 314 g/mol. The van der Waals surface area contributed by atoms with E-state index in [4.69, 9.17) is 5.73 Å². The Morgan fingerprint density at radius 1 is 0.864 bits per heavy atom. The molecule has 0 aliphatic heterocycles. The maximum atomic E-state index is 12.9. The summed E-state index contributed by atoms with van der Waals surface area (Å²) in [6, 6.07) is 1.10. The summed E-state index contributed by atoms with van der Waals surface area (Å²) < 4.78 is 75.9. The highest BCUT2D eigenvalue weighted by atomic mass is 19.4. The van der Waals surface area contributed by atoms with Gasteiger partial charge in [-0.1, -0.05) is 0 Å². The Morgan fingerprint density at radius 3 is 1.91 bits per heavy atom. The zero-order valence-electron chi connectivity index (χ0n) is 10.7. The normalized spacial score (nSPS) is 12.5. The first kappa shape index (κ1) is 16.1. The quantitative estimate of drug-likeness (QED) is 0.863. The lowest BCUT2D eigenvalue weighted by atomic mass is 10.0. The third kappa shape index (κ3) is 3.32. The molecule has 0 aliphatic carbocycles. The minimum atomic E-state index is -4.78. The summed E-state index contributed by atoms with van der Waals surface area (Å²) in [5.74, 6) is -1.44. The Balaban J connectivity index is 2.55. The lowest BCUT2D eigenvalue weighted by molar-refractivity contribution is -0.145. The molecule has 0 aromatic carbocycles. The van der Waals surface area contributed by atoms with Crippen molar-refractivity contribution in [1.29, 1.82) is 0 Å². The number of rotatable bonds is 2.